The number of carbonyl (C=O) groups excluding carboxylic acids is 1. The number of amides is 1. The molecule has 0 spiro atoms. The van der Waals surface area contributed by atoms with Gasteiger partial charge in [0, 0.05) is 70.6 Å². The molecule has 4 aliphatic rings. The highest BCUT2D eigenvalue weighted by Gasteiger charge is 2.35. The Hall–Kier alpha value is -3.18. The van der Waals surface area contributed by atoms with Crippen molar-refractivity contribution in [2.45, 2.75) is 70.4 Å². The lowest BCUT2D eigenvalue weighted by Crippen LogP contribution is -2.53. The van der Waals surface area contributed by atoms with Crippen molar-refractivity contribution in [2.75, 3.05) is 49.1 Å². The van der Waals surface area contributed by atoms with E-state index in [1.807, 2.05) is 32.7 Å². The number of ether oxygens (including phenoxy) is 2. The zero-order valence-electron chi connectivity index (χ0n) is 22.2. The number of rotatable bonds is 4. The molecule has 7 rings (SSSR count). The van der Waals surface area contributed by atoms with Gasteiger partial charge in [0.05, 0.1) is 29.5 Å². The Bertz CT molecular complexity index is 1320. The second-order valence-electron chi connectivity index (χ2n) is 11.1. The van der Waals surface area contributed by atoms with E-state index in [4.69, 9.17) is 24.7 Å². The zero-order chi connectivity index (χ0) is 25.8. The molecule has 0 N–H and O–H groups in total. The van der Waals surface area contributed by atoms with Crippen LogP contribution in [0.15, 0.2) is 24.5 Å². The Morgan fingerprint density at radius 1 is 1.05 bits per heavy atom. The molecule has 0 saturated carbocycles. The second-order valence-corrected chi connectivity index (χ2v) is 11.1. The number of nitrogens with zero attached hydrogens (tertiary/aromatic N) is 8. The molecule has 0 radical (unpaired) electrons. The monoisotopic (exact) mass is 520 g/mol. The minimum absolute atomic E-state index is 0.0272. The predicted molar refractivity (Wildman–Crippen MR) is 143 cm³/mol. The summed E-state index contributed by atoms with van der Waals surface area (Å²) in [6, 6.07) is 4.38. The summed E-state index contributed by atoms with van der Waals surface area (Å²) < 4.78 is 15.8. The molecule has 2 bridgehead atoms. The maximum atomic E-state index is 12.1. The first-order valence-corrected chi connectivity index (χ1v) is 14.0. The van der Waals surface area contributed by atoms with Crippen LogP contribution in [-0.2, 0) is 14.3 Å². The third-order valence-corrected chi connectivity index (χ3v) is 8.52. The summed E-state index contributed by atoms with van der Waals surface area (Å²) in [5, 5.41) is 10.6. The number of morpholine rings is 1. The lowest BCUT2D eigenvalue weighted by Gasteiger charge is -2.41. The number of fused-ring (bicyclic) bond motifs is 3. The van der Waals surface area contributed by atoms with E-state index in [0.717, 1.165) is 86.7 Å². The average Bonchev–Trinajstić information content (AvgIpc) is 3.66. The van der Waals surface area contributed by atoms with Crippen LogP contribution in [0.4, 0.5) is 11.5 Å². The molecule has 3 aromatic heterocycles. The molecule has 11 heteroatoms. The summed E-state index contributed by atoms with van der Waals surface area (Å²) in [5.74, 6) is 1.82. The number of pyridine rings is 1. The molecule has 4 aliphatic heterocycles. The van der Waals surface area contributed by atoms with Gasteiger partial charge in [-0.25, -0.2) is 9.67 Å². The lowest BCUT2D eigenvalue weighted by atomic mass is 10.1. The Labute approximate surface area is 222 Å². The summed E-state index contributed by atoms with van der Waals surface area (Å²) in [4.78, 5) is 23.9. The highest BCUT2D eigenvalue weighted by Crippen LogP contribution is 2.36. The number of carbonyl (C=O) groups is 1. The van der Waals surface area contributed by atoms with Gasteiger partial charge in [-0.2, -0.15) is 14.9 Å². The molecule has 4 saturated heterocycles. The third-order valence-electron chi connectivity index (χ3n) is 8.52. The van der Waals surface area contributed by atoms with Crippen LogP contribution in [-0.4, -0.2) is 92.9 Å². The average molecular weight is 521 g/mol. The molecule has 7 heterocycles. The number of hydrogen-bond acceptors (Lipinski definition) is 8. The van der Waals surface area contributed by atoms with Crippen LogP contribution in [0.2, 0.25) is 0 Å². The molecule has 4 fully saturated rings. The fraction of sp³-hybridized carbons (Fsp3) is 0.630. The van der Waals surface area contributed by atoms with Crippen LogP contribution < -0.4 is 9.80 Å². The van der Waals surface area contributed by atoms with Gasteiger partial charge in [-0.15, -0.1) is 0 Å². The van der Waals surface area contributed by atoms with Crippen LogP contribution in [0.1, 0.15) is 52.2 Å². The van der Waals surface area contributed by atoms with Crippen molar-refractivity contribution >= 4 is 28.4 Å². The SMILES string of the molecule is CC(=O)N1CCN(c2cc(N3CC4CCC(C3)O4)nc3c2cnn3-c2ccn(C3CCCCO3)n2)[C@H](C)C1. The lowest BCUT2D eigenvalue weighted by molar-refractivity contribution is -0.129. The van der Waals surface area contributed by atoms with Crippen LogP contribution in [0.3, 0.4) is 0 Å². The summed E-state index contributed by atoms with van der Waals surface area (Å²) in [6.45, 7) is 8.50. The summed E-state index contributed by atoms with van der Waals surface area (Å²) in [5.41, 5.74) is 1.91. The molecule has 11 nitrogen and oxygen atoms in total. The van der Waals surface area contributed by atoms with Gasteiger partial charge >= 0.3 is 0 Å². The summed E-state index contributed by atoms with van der Waals surface area (Å²) in [6.07, 6.45) is 9.83. The minimum Gasteiger partial charge on any atom is -0.371 e. The molecule has 38 heavy (non-hydrogen) atoms. The predicted octanol–water partition coefficient (Wildman–Crippen LogP) is 2.74. The second kappa shape index (κ2) is 9.53. The topological polar surface area (TPSA) is 93.8 Å². The van der Waals surface area contributed by atoms with Crippen molar-refractivity contribution in [2.24, 2.45) is 0 Å². The van der Waals surface area contributed by atoms with Gasteiger partial charge in [0.25, 0.3) is 0 Å². The van der Waals surface area contributed by atoms with Gasteiger partial charge in [0.1, 0.15) is 12.0 Å². The number of hydrogen-bond donors (Lipinski definition) is 0. The van der Waals surface area contributed by atoms with Crippen molar-refractivity contribution in [3.05, 3.63) is 24.5 Å². The molecule has 0 aromatic carbocycles. The van der Waals surface area contributed by atoms with Gasteiger partial charge in [0.15, 0.2) is 11.5 Å². The van der Waals surface area contributed by atoms with Gasteiger partial charge in [-0.3, -0.25) is 4.79 Å². The maximum absolute atomic E-state index is 12.1. The van der Waals surface area contributed by atoms with Crippen LogP contribution >= 0.6 is 0 Å². The van der Waals surface area contributed by atoms with Crippen LogP contribution in [0.25, 0.3) is 16.9 Å². The van der Waals surface area contributed by atoms with E-state index in [-0.39, 0.29) is 30.4 Å². The van der Waals surface area contributed by atoms with Gasteiger partial charge in [-0.1, -0.05) is 0 Å². The molecule has 1 amide bonds. The first-order valence-electron chi connectivity index (χ1n) is 14.0. The molecular formula is C27H36N8O3. The third kappa shape index (κ3) is 4.21. The molecule has 3 aromatic rings. The van der Waals surface area contributed by atoms with E-state index in [0.29, 0.717) is 13.1 Å². The number of aromatic nitrogens is 5. The molecule has 202 valence electrons. The Kier molecular flexibility index (Phi) is 6.00. The Balaban J connectivity index is 1.29. The van der Waals surface area contributed by atoms with Crippen molar-refractivity contribution in [3.63, 3.8) is 0 Å². The fourth-order valence-electron chi connectivity index (χ4n) is 6.48. The van der Waals surface area contributed by atoms with Crippen molar-refractivity contribution in [1.29, 1.82) is 0 Å². The first-order chi connectivity index (χ1) is 18.5. The van der Waals surface area contributed by atoms with Crippen LogP contribution in [0, 0.1) is 0 Å². The standard InChI is InChI=1S/C27H36N8O3/c1-18-15-31(19(2)36)10-11-33(18)23-13-25(32-16-20-6-7-21(17-32)38-20)29-27-22(23)14-28-35(27)24-8-9-34(30-24)26-5-3-4-12-37-26/h8-9,13-14,18,20-21,26H,3-7,10-12,15-17H2,1-2H3/t18-,20?,21?,26?/m1/s1. The van der Waals surface area contributed by atoms with Gasteiger partial charge < -0.3 is 24.2 Å². The zero-order valence-corrected chi connectivity index (χ0v) is 22.2. The van der Waals surface area contributed by atoms with E-state index in [9.17, 15) is 4.79 Å². The maximum Gasteiger partial charge on any atom is 0.219 e. The van der Waals surface area contributed by atoms with Crippen molar-refractivity contribution in [3.8, 4) is 5.82 Å². The number of anilines is 2. The largest absolute Gasteiger partial charge is 0.371 e. The first kappa shape index (κ1) is 23.9. The Morgan fingerprint density at radius 3 is 2.63 bits per heavy atom. The summed E-state index contributed by atoms with van der Waals surface area (Å²) >= 11 is 0. The van der Waals surface area contributed by atoms with Gasteiger partial charge in [0.2, 0.25) is 5.91 Å². The quantitative estimate of drug-likeness (QED) is 0.519. The van der Waals surface area contributed by atoms with E-state index in [2.05, 4.69) is 22.8 Å². The van der Waals surface area contributed by atoms with E-state index < -0.39 is 0 Å². The van der Waals surface area contributed by atoms with E-state index >= 15 is 0 Å². The molecular weight excluding hydrogens is 484 g/mol. The smallest absolute Gasteiger partial charge is 0.219 e. The highest BCUT2D eigenvalue weighted by atomic mass is 16.5. The van der Waals surface area contributed by atoms with Crippen molar-refractivity contribution in [1.82, 2.24) is 29.4 Å². The normalized spacial score (nSPS) is 27.9. The molecule has 0 aliphatic carbocycles. The van der Waals surface area contributed by atoms with Gasteiger partial charge in [-0.05, 0) is 39.0 Å². The van der Waals surface area contributed by atoms with E-state index in [1.54, 1.807) is 6.92 Å². The minimum atomic E-state index is -0.0272. The summed E-state index contributed by atoms with van der Waals surface area (Å²) in [7, 11) is 0. The molecule has 3 unspecified atom stereocenters. The van der Waals surface area contributed by atoms with E-state index in [1.165, 1.54) is 0 Å². The fourth-order valence-corrected chi connectivity index (χ4v) is 6.48. The highest BCUT2D eigenvalue weighted by molar-refractivity contribution is 5.92. The molecule has 4 atom stereocenters. The van der Waals surface area contributed by atoms with Crippen LogP contribution in [0.5, 0.6) is 0 Å². The number of piperazine rings is 1. The van der Waals surface area contributed by atoms with Crippen molar-refractivity contribution < 1.29 is 14.3 Å². The Morgan fingerprint density at radius 2 is 1.89 bits per heavy atom.